The second kappa shape index (κ2) is 10.2. The number of methoxy groups -OCH3 is 1. The molecule has 3 rings (SSSR count). The molecule has 0 radical (unpaired) electrons. The van der Waals surface area contributed by atoms with Crippen molar-refractivity contribution < 1.29 is 19.2 Å². The lowest BCUT2D eigenvalue weighted by molar-refractivity contribution is -0.918. The van der Waals surface area contributed by atoms with E-state index in [1.807, 2.05) is 32.3 Å². The van der Waals surface area contributed by atoms with Crippen LogP contribution < -0.4 is 24.6 Å². The van der Waals surface area contributed by atoms with Gasteiger partial charge >= 0.3 is 0 Å². The van der Waals surface area contributed by atoms with Crippen molar-refractivity contribution in [3.8, 4) is 11.5 Å². The molecule has 2 aromatic carbocycles. The van der Waals surface area contributed by atoms with Gasteiger partial charge in [0.1, 0.15) is 6.04 Å². The van der Waals surface area contributed by atoms with Crippen LogP contribution in [0.5, 0.6) is 11.5 Å². The van der Waals surface area contributed by atoms with Crippen LogP contribution in [0.15, 0.2) is 48.5 Å². The van der Waals surface area contributed by atoms with Crippen molar-refractivity contribution in [2.45, 2.75) is 18.9 Å². The lowest BCUT2D eigenvalue weighted by Gasteiger charge is -2.26. The molecule has 0 aromatic heterocycles. The number of nitrogens with one attached hydrogen (secondary N) is 2. The number of likely N-dealkylation sites (tertiary alicyclic amines) is 1. The number of hydrogen-bond acceptors (Lipinski definition) is 4. The number of ether oxygens (including phenoxy) is 2. The maximum Gasteiger partial charge on any atom is 0.258 e. The summed E-state index contributed by atoms with van der Waals surface area (Å²) in [7, 11) is 5.67. The van der Waals surface area contributed by atoms with Crippen LogP contribution in [0.1, 0.15) is 24.4 Å². The van der Waals surface area contributed by atoms with Gasteiger partial charge in [-0.25, -0.2) is 0 Å². The van der Waals surface area contributed by atoms with Crippen LogP contribution >= 0.6 is 0 Å². The lowest BCUT2D eigenvalue weighted by atomic mass is 10.0. The third-order valence-electron chi connectivity index (χ3n) is 5.48. The highest BCUT2D eigenvalue weighted by atomic mass is 16.5. The highest BCUT2D eigenvalue weighted by molar-refractivity contribution is 5.77. The standard InChI is InChI=1S/C23H31N3O3/c1-25(2)19-12-10-18(11-13-19)20(26-14-6-7-15-26)16-24-23(27)17-29-22-9-5-4-8-21(22)28-3/h4-5,8-13,20H,6-7,14-17H2,1-3H3,(H,24,27)/p+1/t20-/m0/s1. The van der Waals surface area contributed by atoms with E-state index in [4.69, 9.17) is 9.47 Å². The summed E-state index contributed by atoms with van der Waals surface area (Å²) in [5.41, 5.74) is 2.44. The normalized spacial score (nSPS) is 15.0. The minimum atomic E-state index is -0.121. The summed E-state index contributed by atoms with van der Waals surface area (Å²) in [6, 6.07) is 16.3. The fraction of sp³-hybridized carbons (Fsp3) is 0.435. The molecule has 0 unspecified atom stereocenters. The van der Waals surface area contributed by atoms with Gasteiger partial charge in [0.2, 0.25) is 0 Å². The molecule has 1 amide bonds. The average molecular weight is 399 g/mol. The van der Waals surface area contributed by atoms with E-state index in [9.17, 15) is 4.79 Å². The largest absolute Gasteiger partial charge is 0.493 e. The predicted molar refractivity (Wildman–Crippen MR) is 115 cm³/mol. The Morgan fingerprint density at radius 3 is 2.34 bits per heavy atom. The van der Waals surface area contributed by atoms with E-state index in [0.717, 1.165) is 13.1 Å². The predicted octanol–water partition coefficient (Wildman–Crippen LogP) is 1.68. The van der Waals surface area contributed by atoms with E-state index in [1.165, 1.54) is 29.0 Å². The second-order valence-electron chi connectivity index (χ2n) is 7.65. The highest BCUT2D eigenvalue weighted by Gasteiger charge is 2.27. The molecule has 29 heavy (non-hydrogen) atoms. The molecule has 1 atom stereocenters. The van der Waals surface area contributed by atoms with Crippen molar-refractivity contribution in [1.82, 2.24) is 5.32 Å². The Kier molecular flexibility index (Phi) is 7.36. The molecule has 0 saturated carbocycles. The Hall–Kier alpha value is -2.73. The van der Waals surface area contributed by atoms with Crippen molar-refractivity contribution in [3.05, 3.63) is 54.1 Å². The zero-order valence-corrected chi connectivity index (χ0v) is 17.6. The van der Waals surface area contributed by atoms with Gasteiger partial charge in [-0.05, 0) is 24.3 Å². The van der Waals surface area contributed by atoms with E-state index >= 15 is 0 Å². The Balaban J connectivity index is 1.60. The number of carbonyl (C=O) groups is 1. The highest BCUT2D eigenvalue weighted by Crippen LogP contribution is 2.25. The number of rotatable bonds is 9. The maximum atomic E-state index is 12.4. The molecular formula is C23H32N3O3+. The fourth-order valence-electron chi connectivity index (χ4n) is 3.83. The third kappa shape index (κ3) is 5.64. The first kappa shape index (κ1) is 21.0. The molecule has 6 heteroatoms. The van der Waals surface area contributed by atoms with E-state index < -0.39 is 0 Å². The number of nitrogens with zero attached hydrogens (tertiary/aromatic N) is 1. The molecular weight excluding hydrogens is 366 g/mol. The molecule has 1 aliphatic rings. The SMILES string of the molecule is COc1ccccc1OCC(=O)NC[C@@H](c1ccc(N(C)C)cc1)[NH+]1CCCC1. The summed E-state index contributed by atoms with van der Waals surface area (Å²) in [6.45, 7) is 2.87. The Morgan fingerprint density at radius 2 is 1.72 bits per heavy atom. The first-order valence-corrected chi connectivity index (χ1v) is 10.2. The minimum absolute atomic E-state index is 0.0258. The number of hydrogen-bond donors (Lipinski definition) is 2. The van der Waals surface area contributed by atoms with Gasteiger partial charge in [0.25, 0.3) is 5.91 Å². The van der Waals surface area contributed by atoms with Crippen LogP contribution in [-0.2, 0) is 4.79 Å². The molecule has 0 spiro atoms. The van der Waals surface area contributed by atoms with E-state index in [2.05, 4.69) is 34.5 Å². The molecule has 1 aliphatic heterocycles. The Bertz CT molecular complexity index is 786. The number of benzene rings is 2. The van der Waals surface area contributed by atoms with Gasteiger partial charge in [-0.2, -0.15) is 0 Å². The average Bonchev–Trinajstić information content (AvgIpc) is 3.27. The number of para-hydroxylation sites is 2. The number of quaternary nitrogens is 1. The summed E-state index contributed by atoms with van der Waals surface area (Å²) in [5, 5.41) is 3.07. The summed E-state index contributed by atoms with van der Waals surface area (Å²) in [5.74, 6) is 1.08. The monoisotopic (exact) mass is 398 g/mol. The van der Waals surface area contributed by atoms with Crippen LogP contribution in [0.2, 0.25) is 0 Å². The minimum Gasteiger partial charge on any atom is -0.493 e. The van der Waals surface area contributed by atoms with Crippen molar-refractivity contribution in [2.24, 2.45) is 0 Å². The van der Waals surface area contributed by atoms with Crippen molar-refractivity contribution in [2.75, 3.05) is 52.3 Å². The fourth-order valence-corrected chi connectivity index (χ4v) is 3.83. The van der Waals surface area contributed by atoms with Gasteiger partial charge in [-0.15, -0.1) is 0 Å². The molecule has 0 aliphatic carbocycles. The molecule has 1 saturated heterocycles. The zero-order chi connectivity index (χ0) is 20.6. The molecule has 0 bridgehead atoms. The zero-order valence-electron chi connectivity index (χ0n) is 17.6. The molecule has 2 N–H and O–H groups in total. The smallest absolute Gasteiger partial charge is 0.258 e. The van der Waals surface area contributed by atoms with E-state index in [-0.39, 0.29) is 18.6 Å². The van der Waals surface area contributed by atoms with Gasteiger partial charge in [0.05, 0.1) is 26.7 Å². The van der Waals surface area contributed by atoms with Crippen LogP contribution in [-0.4, -0.2) is 53.4 Å². The third-order valence-corrected chi connectivity index (χ3v) is 5.48. The van der Waals surface area contributed by atoms with E-state index in [1.54, 1.807) is 13.2 Å². The summed E-state index contributed by atoms with van der Waals surface area (Å²) >= 11 is 0. The van der Waals surface area contributed by atoms with Crippen molar-refractivity contribution in [1.29, 1.82) is 0 Å². The molecule has 1 heterocycles. The second-order valence-corrected chi connectivity index (χ2v) is 7.65. The van der Waals surface area contributed by atoms with Crippen LogP contribution in [0, 0.1) is 0 Å². The molecule has 6 nitrogen and oxygen atoms in total. The van der Waals surface area contributed by atoms with Gasteiger partial charge in [-0.3, -0.25) is 4.79 Å². The van der Waals surface area contributed by atoms with Gasteiger partial charge in [-0.1, -0.05) is 24.3 Å². The quantitative estimate of drug-likeness (QED) is 0.675. The van der Waals surface area contributed by atoms with Crippen LogP contribution in [0.25, 0.3) is 0 Å². The van der Waals surface area contributed by atoms with Crippen LogP contribution in [0.3, 0.4) is 0 Å². The van der Waals surface area contributed by atoms with E-state index in [0.29, 0.717) is 18.0 Å². The summed E-state index contributed by atoms with van der Waals surface area (Å²) in [6.07, 6.45) is 2.49. The maximum absolute atomic E-state index is 12.4. The summed E-state index contributed by atoms with van der Waals surface area (Å²) in [4.78, 5) is 16.0. The first-order valence-electron chi connectivity index (χ1n) is 10.2. The number of amides is 1. The Morgan fingerprint density at radius 1 is 1.07 bits per heavy atom. The van der Waals surface area contributed by atoms with Gasteiger partial charge < -0.3 is 24.6 Å². The van der Waals surface area contributed by atoms with Gasteiger partial charge in [0, 0.05) is 38.2 Å². The number of carbonyl (C=O) groups excluding carboxylic acids is 1. The number of anilines is 1. The molecule has 2 aromatic rings. The van der Waals surface area contributed by atoms with Crippen molar-refractivity contribution in [3.63, 3.8) is 0 Å². The Labute approximate surface area is 173 Å². The van der Waals surface area contributed by atoms with Gasteiger partial charge in [0.15, 0.2) is 18.1 Å². The molecule has 156 valence electrons. The first-order chi connectivity index (χ1) is 14.1. The summed E-state index contributed by atoms with van der Waals surface area (Å²) < 4.78 is 10.9. The van der Waals surface area contributed by atoms with Crippen molar-refractivity contribution >= 4 is 11.6 Å². The van der Waals surface area contributed by atoms with Crippen LogP contribution in [0.4, 0.5) is 5.69 Å². The lowest BCUT2D eigenvalue weighted by Crippen LogP contribution is -3.11. The topological polar surface area (TPSA) is 55.2 Å². The molecule has 1 fully saturated rings.